The molecule has 1 aromatic heterocycles. The number of anilines is 2. The highest BCUT2D eigenvalue weighted by molar-refractivity contribution is 5.70. The minimum absolute atomic E-state index is 0.0107. The highest BCUT2D eigenvalue weighted by Crippen LogP contribution is 2.27. The van der Waals surface area contributed by atoms with E-state index in [0.717, 1.165) is 17.2 Å². The molecule has 0 saturated heterocycles. The maximum absolute atomic E-state index is 10.6. The average Bonchev–Trinajstić information content (AvgIpc) is 2.74. The summed E-state index contributed by atoms with van der Waals surface area (Å²) in [6.07, 6.45) is 0. The summed E-state index contributed by atoms with van der Waals surface area (Å²) in [6, 6.07) is 8.23. The van der Waals surface area contributed by atoms with Gasteiger partial charge in [-0.15, -0.1) is 0 Å². The van der Waals surface area contributed by atoms with Crippen molar-refractivity contribution in [3.63, 3.8) is 0 Å². The number of non-ortho nitro benzene ring substituents is 1. The molecular formula is C13H15N3O3. The van der Waals surface area contributed by atoms with E-state index in [1.165, 1.54) is 12.1 Å². The number of aryl methyl sites for hydroxylation is 1. The molecule has 1 heterocycles. The SMILES string of the molecule is Cc1ccc(CN(C)c2ccc([N+](=O)[O-])cc2N)o1. The van der Waals surface area contributed by atoms with Gasteiger partial charge in [-0.3, -0.25) is 10.1 Å². The van der Waals surface area contributed by atoms with Crippen LogP contribution < -0.4 is 10.6 Å². The fourth-order valence-corrected chi connectivity index (χ4v) is 1.89. The van der Waals surface area contributed by atoms with Crippen LogP contribution in [0.5, 0.6) is 0 Å². The van der Waals surface area contributed by atoms with Gasteiger partial charge in [0, 0.05) is 19.2 Å². The lowest BCUT2D eigenvalue weighted by atomic mass is 10.2. The molecule has 2 rings (SSSR count). The van der Waals surface area contributed by atoms with Gasteiger partial charge in [-0.05, 0) is 25.1 Å². The van der Waals surface area contributed by atoms with Crippen LogP contribution in [-0.4, -0.2) is 12.0 Å². The van der Waals surface area contributed by atoms with Gasteiger partial charge in [-0.2, -0.15) is 0 Å². The summed E-state index contributed by atoms with van der Waals surface area (Å²) in [6.45, 7) is 2.43. The molecule has 19 heavy (non-hydrogen) atoms. The number of hydrogen-bond donors (Lipinski definition) is 1. The molecular weight excluding hydrogens is 246 g/mol. The largest absolute Gasteiger partial charge is 0.464 e. The predicted octanol–water partition coefficient (Wildman–Crippen LogP) is 2.71. The fourth-order valence-electron chi connectivity index (χ4n) is 1.89. The van der Waals surface area contributed by atoms with E-state index in [9.17, 15) is 10.1 Å². The van der Waals surface area contributed by atoms with Gasteiger partial charge in [0.15, 0.2) is 0 Å². The van der Waals surface area contributed by atoms with E-state index >= 15 is 0 Å². The minimum Gasteiger partial charge on any atom is -0.464 e. The highest BCUT2D eigenvalue weighted by Gasteiger charge is 2.12. The van der Waals surface area contributed by atoms with Gasteiger partial charge in [0.1, 0.15) is 11.5 Å². The number of nitro groups is 1. The van der Waals surface area contributed by atoms with Crippen LogP contribution in [0, 0.1) is 17.0 Å². The first-order valence-electron chi connectivity index (χ1n) is 5.77. The lowest BCUT2D eigenvalue weighted by molar-refractivity contribution is -0.384. The zero-order chi connectivity index (χ0) is 14.0. The summed E-state index contributed by atoms with van der Waals surface area (Å²) in [5, 5.41) is 10.6. The third kappa shape index (κ3) is 2.85. The Kier molecular flexibility index (Phi) is 3.41. The molecule has 0 saturated carbocycles. The van der Waals surface area contributed by atoms with Crippen molar-refractivity contribution >= 4 is 17.1 Å². The normalized spacial score (nSPS) is 10.4. The molecule has 0 aliphatic rings. The number of nitro benzene ring substituents is 1. The summed E-state index contributed by atoms with van der Waals surface area (Å²) < 4.78 is 5.49. The summed E-state index contributed by atoms with van der Waals surface area (Å²) in [7, 11) is 1.86. The maximum atomic E-state index is 10.6. The van der Waals surface area contributed by atoms with Crippen molar-refractivity contribution in [1.29, 1.82) is 0 Å². The number of furan rings is 1. The number of nitrogen functional groups attached to an aromatic ring is 1. The number of rotatable bonds is 4. The molecule has 0 aliphatic carbocycles. The second-order valence-corrected chi connectivity index (χ2v) is 4.37. The average molecular weight is 261 g/mol. The van der Waals surface area contributed by atoms with E-state index in [1.807, 2.05) is 31.0 Å². The fraction of sp³-hybridized carbons (Fsp3) is 0.231. The molecule has 6 nitrogen and oxygen atoms in total. The van der Waals surface area contributed by atoms with Crippen LogP contribution in [0.15, 0.2) is 34.7 Å². The summed E-state index contributed by atoms with van der Waals surface area (Å²) in [5.41, 5.74) is 6.94. The van der Waals surface area contributed by atoms with Crippen molar-refractivity contribution in [3.8, 4) is 0 Å². The molecule has 0 unspecified atom stereocenters. The monoisotopic (exact) mass is 261 g/mol. The van der Waals surface area contributed by atoms with Gasteiger partial charge in [-0.1, -0.05) is 0 Å². The summed E-state index contributed by atoms with van der Waals surface area (Å²) >= 11 is 0. The Bertz CT molecular complexity index is 607. The Balaban J connectivity index is 2.19. The molecule has 2 N–H and O–H groups in total. The van der Waals surface area contributed by atoms with Crippen molar-refractivity contribution in [2.45, 2.75) is 13.5 Å². The lowest BCUT2D eigenvalue weighted by Crippen LogP contribution is -2.17. The number of benzene rings is 1. The molecule has 6 heteroatoms. The molecule has 0 radical (unpaired) electrons. The molecule has 0 aliphatic heterocycles. The van der Waals surface area contributed by atoms with E-state index in [0.29, 0.717) is 12.2 Å². The first kappa shape index (κ1) is 12.9. The Morgan fingerprint density at radius 2 is 2.11 bits per heavy atom. The Hall–Kier alpha value is -2.50. The minimum atomic E-state index is -0.462. The van der Waals surface area contributed by atoms with Crippen LogP contribution >= 0.6 is 0 Å². The Morgan fingerprint density at radius 1 is 1.37 bits per heavy atom. The maximum Gasteiger partial charge on any atom is 0.271 e. The van der Waals surface area contributed by atoms with Gasteiger partial charge in [0.05, 0.1) is 22.8 Å². The first-order valence-corrected chi connectivity index (χ1v) is 5.77. The van der Waals surface area contributed by atoms with Gasteiger partial charge < -0.3 is 15.1 Å². The Morgan fingerprint density at radius 3 is 2.63 bits per heavy atom. The van der Waals surface area contributed by atoms with Crippen molar-refractivity contribution in [2.24, 2.45) is 0 Å². The molecule has 2 aromatic rings. The van der Waals surface area contributed by atoms with E-state index in [-0.39, 0.29) is 5.69 Å². The topological polar surface area (TPSA) is 85.5 Å². The summed E-state index contributed by atoms with van der Waals surface area (Å²) in [5.74, 6) is 1.66. The van der Waals surface area contributed by atoms with Crippen molar-refractivity contribution in [2.75, 3.05) is 17.7 Å². The number of nitrogens with two attached hydrogens (primary N) is 1. The molecule has 100 valence electrons. The van der Waals surface area contributed by atoms with Gasteiger partial charge in [0.25, 0.3) is 5.69 Å². The zero-order valence-electron chi connectivity index (χ0n) is 10.8. The molecule has 0 fully saturated rings. The smallest absolute Gasteiger partial charge is 0.271 e. The second kappa shape index (κ2) is 5.01. The summed E-state index contributed by atoms with van der Waals surface area (Å²) in [4.78, 5) is 12.1. The third-order valence-electron chi connectivity index (χ3n) is 2.82. The van der Waals surface area contributed by atoms with E-state index in [4.69, 9.17) is 10.2 Å². The van der Waals surface area contributed by atoms with Crippen molar-refractivity contribution in [3.05, 3.63) is 52.0 Å². The first-order chi connectivity index (χ1) is 8.97. The quantitative estimate of drug-likeness (QED) is 0.519. The van der Waals surface area contributed by atoms with E-state index in [2.05, 4.69) is 0 Å². The Labute approximate surface area is 110 Å². The lowest BCUT2D eigenvalue weighted by Gasteiger charge is -2.19. The van der Waals surface area contributed by atoms with Crippen LogP contribution in [0.3, 0.4) is 0 Å². The molecule has 0 amide bonds. The van der Waals surface area contributed by atoms with Crippen LogP contribution in [-0.2, 0) is 6.54 Å². The predicted molar refractivity (Wildman–Crippen MR) is 73.1 cm³/mol. The van der Waals surface area contributed by atoms with Gasteiger partial charge >= 0.3 is 0 Å². The van der Waals surface area contributed by atoms with Crippen LogP contribution in [0.2, 0.25) is 0 Å². The molecule has 0 atom stereocenters. The van der Waals surface area contributed by atoms with Crippen molar-refractivity contribution in [1.82, 2.24) is 0 Å². The highest BCUT2D eigenvalue weighted by atomic mass is 16.6. The van der Waals surface area contributed by atoms with E-state index < -0.39 is 4.92 Å². The van der Waals surface area contributed by atoms with Crippen LogP contribution in [0.25, 0.3) is 0 Å². The molecule has 0 spiro atoms. The third-order valence-corrected chi connectivity index (χ3v) is 2.82. The molecule has 1 aromatic carbocycles. The van der Waals surface area contributed by atoms with Gasteiger partial charge in [0.2, 0.25) is 0 Å². The van der Waals surface area contributed by atoms with Crippen LogP contribution in [0.4, 0.5) is 17.1 Å². The second-order valence-electron chi connectivity index (χ2n) is 4.37. The van der Waals surface area contributed by atoms with E-state index in [1.54, 1.807) is 6.07 Å². The standard InChI is InChI=1S/C13H15N3O3/c1-9-3-5-11(19-9)8-15(2)13-6-4-10(16(17)18)7-12(13)14/h3-7H,8,14H2,1-2H3. The zero-order valence-corrected chi connectivity index (χ0v) is 10.8. The van der Waals surface area contributed by atoms with Crippen LogP contribution in [0.1, 0.15) is 11.5 Å². The number of hydrogen-bond acceptors (Lipinski definition) is 5. The van der Waals surface area contributed by atoms with Gasteiger partial charge in [-0.25, -0.2) is 0 Å². The number of nitrogens with zero attached hydrogens (tertiary/aromatic N) is 2. The molecule has 0 bridgehead atoms. The van der Waals surface area contributed by atoms with Crippen molar-refractivity contribution < 1.29 is 9.34 Å².